The molecule has 0 unspecified atom stereocenters. The summed E-state index contributed by atoms with van der Waals surface area (Å²) in [4.78, 5) is 22.8. The quantitative estimate of drug-likeness (QED) is 0.650. The van der Waals surface area contributed by atoms with Crippen LogP contribution < -0.4 is 10.1 Å². The lowest BCUT2D eigenvalue weighted by molar-refractivity contribution is -0.137. The Morgan fingerprint density at radius 2 is 1.87 bits per heavy atom. The van der Waals surface area contributed by atoms with Gasteiger partial charge in [-0.2, -0.15) is 0 Å². The molecule has 2 N–H and O–H groups in total. The van der Waals surface area contributed by atoms with E-state index in [2.05, 4.69) is 5.32 Å². The summed E-state index contributed by atoms with van der Waals surface area (Å²) in [5, 5.41) is 11.5. The van der Waals surface area contributed by atoms with Gasteiger partial charge < -0.3 is 15.2 Å². The molecular formula is C18H27NO4. The fourth-order valence-corrected chi connectivity index (χ4v) is 2.42. The second kappa shape index (κ2) is 9.18. The summed E-state index contributed by atoms with van der Waals surface area (Å²) >= 11 is 0. The van der Waals surface area contributed by atoms with E-state index in [4.69, 9.17) is 9.84 Å². The van der Waals surface area contributed by atoms with Crippen LogP contribution in [0.2, 0.25) is 0 Å². The Hall–Kier alpha value is -2.04. The molecule has 0 spiro atoms. The number of para-hydroxylation sites is 1. The number of hydrogen-bond acceptors (Lipinski definition) is 3. The van der Waals surface area contributed by atoms with E-state index in [1.165, 1.54) is 0 Å². The van der Waals surface area contributed by atoms with Crippen molar-refractivity contribution < 1.29 is 19.4 Å². The maximum absolute atomic E-state index is 12.4. The zero-order valence-corrected chi connectivity index (χ0v) is 14.2. The Labute approximate surface area is 138 Å². The average molecular weight is 321 g/mol. The van der Waals surface area contributed by atoms with Gasteiger partial charge in [0.25, 0.3) is 0 Å². The Bertz CT molecular complexity index is 526. The second-order valence-corrected chi connectivity index (χ2v) is 6.33. The number of methoxy groups -OCH3 is 1. The summed E-state index contributed by atoms with van der Waals surface area (Å²) in [5.41, 5.74) is 0.479. The lowest BCUT2D eigenvalue weighted by atomic mass is 9.84. The van der Waals surface area contributed by atoms with E-state index in [1.807, 2.05) is 38.1 Å². The third kappa shape index (κ3) is 6.72. The number of hydrogen-bond donors (Lipinski definition) is 2. The lowest BCUT2D eigenvalue weighted by Gasteiger charge is -2.24. The molecule has 1 rings (SSSR count). The van der Waals surface area contributed by atoms with Crippen molar-refractivity contribution in [2.75, 3.05) is 13.7 Å². The highest BCUT2D eigenvalue weighted by molar-refractivity contribution is 5.82. The molecule has 1 amide bonds. The number of rotatable bonds is 10. The maximum atomic E-state index is 12.4. The van der Waals surface area contributed by atoms with Crippen LogP contribution in [0.3, 0.4) is 0 Å². The van der Waals surface area contributed by atoms with Crippen LogP contribution in [0.25, 0.3) is 0 Å². The van der Waals surface area contributed by atoms with Gasteiger partial charge in [0.2, 0.25) is 5.91 Å². The molecule has 0 fully saturated rings. The fraction of sp³-hybridized carbons (Fsp3) is 0.556. The third-order valence-corrected chi connectivity index (χ3v) is 3.79. The molecule has 0 atom stereocenters. The molecule has 1 aromatic rings. The molecular weight excluding hydrogens is 294 g/mol. The van der Waals surface area contributed by atoms with Crippen molar-refractivity contribution in [1.82, 2.24) is 5.32 Å². The number of carbonyl (C=O) groups is 2. The zero-order chi connectivity index (χ0) is 17.3. The first kappa shape index (κ1) is 19.0. The molecule has 0 aliphatic rings. The van der Waals surface area contributed by atoms with Crippen molar-refractivity contribution in [2.24, 2.45) is 5.41 Å². The van der Waals surface area contributed by atoms with Gasteiger partial charge in [-0.1, -0.05) is 38.5 Å². The number of nitrogens with one attached hydrogen (secondary N) is 1. The predicted molar refractivity (Wildman–Crippen MR) is 89.6 cm³/mol. The highest BCUT2D eigenvalue weighted by atomic mass is 16.5. The molecule has 5 heteroatoms. The molecule has 128 valence electrons. The summed E-state index contributed by atoms with van der Waals surface area (Å²) < 4.78 is 5.34. The first-order valence-corrected chi connectivity index (χ1v) is 7.99. The smallest absolute Gasteiger partial charge is 0.303 e. The number of carboxylic acid groups (broad SMARTS) is 1. The normalized spacial score (nSPS) is 11.1. The Morgan fingerprint density at radius 3 is 2.52 bits per heavy atom. The van der Waals surface area contributed by atoms with Crippen LogP contribution in [-0.2, 0) is 16.0 Å². The highest BCUT2D eigenvalue weighted by Gasteiger charge is 2.28. The van der Waals surface area contributed by atoms with Gasteiger partial charge in [-0.3, -0.25) is 9.59 Å². The zero-order valence-electron chi connectivity index (χ0n) is 14.2. The minimum atomic E-state index is -0.771. The molecule has 0 saturated heterocycles. The van der Waals surface area contributed by atoms with Crippen LogP contribution in [0.15, 0.2) is 24.3 Å². The van der Waals surface area contributed by atoms with Gasteiger partial charge in [-0.15, -0.1) is 0 Å². The summed E-state index contributed by atoms with van der Waals surface area (Å²) in [6.07, 6.45) is 3.04. The highest BCUT2D eigenvalue weighted by Crippen LogP contribution is 2.27. The van der Waals surface area contributed by atoms with E-state index in [-0.39, 0.29) is 12.3 Å². The summed E-state index contributed by atoms with van der Waals surface area (Å²) in [5.74, 6) is 0.0238. The van der Waals surface area contributed by atoms with Gasteiger partial charge in [0.1, 0.15) is 5.75 Å². The second-order valence-electron chi connectivity index (χ2n) is 6.33. The molecule has 0 saturated carbocycles. The first-order chi connectivity index (χ1) is 10.9. The summed E-state index contributed by atoms with van der Waals surface area (Å²) in [6.45, 7) is 4.41. The maximum Gasteiger partial charge on any atom is 0.303 e. The van der Waals surface area contributed by atoms with E-state index in [9.17, 15) is 9.59 Å². The molecule has 0 aliphatic heterocycles. The SMILES string of the molecule is COc1ccccc1CC(C)(C)C(=O)NCCCCCC(=O)O. The van der Waals surface area contributed by atoms with E-state index in [1.54, 1.807) is 7.11 Å². The molecule has 0 bridgehead atoms. The standard InChI is InChI=1S/C18H27NO4/c1-18(2,13-14-9-6-7-10-15(14)23-3)17(22)19-12-8-4-5-11-16(20)21/h6-7,9-10H,4-5,8,11-13H2,1-3H3,(H,19,22)(H,20,21). The summed E-state index contributed by atoms with van der Waals surface area (Å²) in [6, 6.07) is 7.71. The largest absolute Gasteiger partial charge is 0.496 e. The van der Waals surface area contributed by atoms with Crippen LogP contribution in [0, 0.1) is 5.41 Å². The van der Waals surface area contributed by atoms with Crippen molar-refractivity contribution >= 4 is 11.9 Å². The van der Waals surface area contributed by atoms with Crippen LogP contribution in [-0.4, -0.2) is 30.6 Å². The monoisotopic (exact) mass is 321 g/mol. The Morgan fingerprint density at radius 1 is 1.17 bits per heavy atom. The molecule has 0 aliphatic carbocycles. The molecule has 1 aromatic carbocycles. The van der Waals surface area contributed by atoms with Crippen LogP contribution >= 0.6 is 0 Å². The minimum Gasteiger partial charge on any atom is -0.496 e. The molecule has 0 radical (unpaired) electrons. The number of aliphatic carboxylic acids is 1. The van der Waals surface area contributed by atoms with E-state index in [0.717, 1.165) is 24.2 Å². The van der Waals surface area contributed by atoms with Gasteiger partial charge in [0.15, 0.2) is 0 Å². The molecule has 0 heterocycles. The van der Waals surface area contributed by atoms with Crippen molar-refractivity contribution in [3.8, 4) is 5.75 Å². The van der Waals surface area contributed by atoms with Crippen LogP contribution in [0.5, 0.6) is 5.75 Å². The Balaban J connectivity index is 2.43. The minimum absolute atomic E-state index is 0.00152. The number of ether oxygens (including phenoxy) is 1. The predicted octanol–water partition coefficient (Wildman–Crippen LogP) is 3.03. The van der Waals surface area contributed by atoms with E-state index >= 15 is 0 Å². The average Bonchev–Trinajstić information content (AvgIpc) is 2.50. The molecule has 0 aromatic heterocycles. The number of benzene rings is 1. The van der Waals surface area contributed by atoms with Gasteiger partial charge in [0.05, 0.1) is 7.11 Å². The number of carbonyl (C=O) groups excluding carboxylic acids is 1. The first-order valence-electron chi connectivity index (χ1n) is 7.99. The van der Waals surface area contributed by atoms with E-state index in [0.29, 0.717) is 19.4 Å². The summed E-state index contributed by atoms with van der Waals surface area (Å²) in [7, 11) is 1.63. The Kier molecular flexibility index (Phi) is 7.59. The van der Waals surface area contributed by atoms with Crippen molar-refractivity contribution in [3.63, 3.8) is 0 Å². The van der Waals surface area contributed by atoms with Gasteiger partial charge in [-0.05, 0) is 30.9 Å². The van der Waals surface area contributed by atoms with Gasteiger partial charge in [-0.25, -0.2) is 0 Å². The van der Waals surface area contributed by atoms with Crippen LogP contribution in [0.1, 0.15) is 45.1 Å². The fourth-order valence-electron chi connectivity index (χ4n) is 2.42. The topological polar surface area (TPSA) is 75.6 Å². The number of carboxylic acids is 1. The lowest BCUT2D eigenvalue weighted by Crippen LogP contribution is -2.38. The van der Waals surface area contributed by atoms with Crippen molar-refractivity contribution in [2.45, 2.75) is 46.0 Å². The van der Waals surface area contributed by atoms with Crippen LogP contribution in [0.4, 0.5) is 0 Å². The third-order valence-electron chi connectivity index (χ3n) is 3.79. The van der Waals surface area contributed by atoms with Crippen molar-refractivity contribution in [1.29, 1.82) is 0 Å². The molecule has 5 nitrogen and oxygen atoms in total. The van der Waals surface area contributed by atoms with Gasteiger partial charge in [0, 0.05) is 18.4 Å². The van der Waals surface area contributed by atoms with E-state index < -0.39 is 11.4 Å². The van der Waals surface area contributed by atoms with Gasteiger partial charge >= 0.3 is 5.97 Å². The number of amides is 1. The molecule has 23 heavy (non-hydrogen) atoms. The van der Waals surface area contributed by atoms with Crippen molar-refractivity contribution in [3.05, 3.63) is 29.8 Å². The number of unbranched alkanes of at least 4 members (excludes halogenated alkanes) is 2.